The molecule has 1 aliphatic heterocycles. The number of hydrogen-bond acceptors (Lipinski definition) is 4. The molecule has 1 amide bonds. The molecule has 1 atom stereocenters. The summed E-state index contributed by atoms with van der Waals surface area (Å²) in [5.74, 6) is -0.361. The molecule has 138 valence electrons. The summed E-state index contributed by atoms with van der Waals surface area (Å²) in [6.45, 7) is 3.75. The maximum atomic E-state index is 13.0. The first-order chi connectivity index (χ1) is 12.3. The SMILES string of the molecule is Cc1ccc(C(=O)N2CCC(O)(CN(C)Cc3ccc(F)cc3)C2)cn1. The Kier molecular flexibility index (Phi) is 5.34. The molecule has 1 aromatic heterocycles. The van der Waals surface area contributed by atoms with Crippen LogP contribution in [-0.2, 0) is 6.54 Å². The van der Waals surface area contributed by atoms with Crippen LogP contribution in [0.1, 0.15) is 28.0 Å². The highest BCUT2D eigenvalue weighted by Gasteiger charge is 2.39. The van der Waals surface area contributed by atoms with Crippen molar-refractivity contribution in [2.24, 2.45) is 0 Å². The molecule has 0 aliphatic carbocycles. The van der Waals surface area contributed by atoms with Crippen LogP contribution in [0.15, 0.2) is 42.6 Å². The van der Waals surface area contributed by atoms with Gasteiger partial charge in [-0.25, -0.2) is 4.39 Å². The van der Waals surface area contributed by atoms with Crippen LogP contribution in [0.2, 0.25) is 0 Å². The van der Waals surface area contributed by atoms with Gasteiger partial charge in [-0.15, -0.1) is 0 Å². The van der Waals surface area contributed by atoms with Crippen molar-refractivity contribution in [3.63, 3.8) is 0 Å². The normalized spacial score (nSPS) is 20.0. The first-order valence-corrected chi connectivity index (χ1v) is 8.72. The minimum Gasteiger partial charge on any atom is -0.387 e. The van der Waals surface area contributed by atoms with E-state index in [2.05, 4.69) is 4.98 Å². The van der Waals surface area contributed by atoms with E-state index in [1.165, 1.54) is 12.1 Å². The third kappa shape index (κ3) is 4.45. The van der Waals surface area contributed by atoms with Crippen LogP contribution < -0.4 is 0 Å². The lowest BCUT2D eigenvalue weighted by atomic mass is 10.0. The second-order valence-corrected chi connectivity index (χ2v) is 7.19. The van der Waals surface area contributed by atoms with Crippen molar-refractivity contribution in [3.05, 3.63) is 65.2 Å². The lowest BCUT2D eigenvalue weighted by Gasteiger charge is -2.29. The van der Waals surface area contributed by atoms with E-state index in [1.54, 1.807) is 29.3 Å². The summed E-state index contributed by atoms with van der Waals surface area (Å²) in [6, 6.07) is 9.93. The van der Waals surface area contributed by atoms with E-state index in [-0.39, 0.29) is 11.7 Å². The van der Waals surface area contributed by atoms with Gasteiger partial charge in [0.15, 0.2) is 0 Å². The number of aryl methyl sites for hydroxylation is 1. The first-order valence-electron chi connectivity index (χ1n) is 8.72. The van der Waals surface area contributed by atoms with E-state index in [0.29, 0.717) is 38.2 Å². The van der Waals surface area contributed by atoms with Crippen LogP contribution in [0.3, 0.4) is 0 Å². The van der Waals surface area contributed by atoms with Crippen LogP contribution in [0.25, 0.3) is 0 Å². The molecule has 1 aliphatic rings. The molecule has 1 saturated heterocycles. The Bertz CT molecular complexity index is 764. The number of β-amino-alcohol motifs (C(OH)–C–C–N with tert-alkyl or cyclic N) is 1. The van der Waals surface area contributed by atoms with E-state index in [0.717, 1.165) is 11.3 Å². The average Bonchev–Trinajstić information content (AvgIpc) is 2.98. The zero-order valence-corrected chi connectivity index (χ0v) is 15.2. The van der Waals surface area contributed by atoms with E-state index in [9.17, 15) is 14.3 Å². The molecule has 1 aromatic carbocycles. The Labute approximate surface area is 153 Å². The van der Waals surface area contributed by atoms with Gasteiger partial charge in [0.25, 0.3) is 5.91 Å². The second-order valence-electron chi connectivity index (χ2n) is 7.19. The van der Waals surface area contributed by atoms with E-state index >= 15 is 0 Å². The number of hydrogen-bond donors (Lipinski definition) is 1. The number of aliphatic hydroxyl groups is 1. The zero-order chi connectivity index (χ0) is 18.7. The second kappa shape index (κ2) is 7.51. The highest BCUT2D eigenvalue weighted by Crippen LogP contribution is 2.24. The Morgan fingerprint density at radius 1 is 1.31 bits per heavy atom. The van der Waals surface area contributed by atoms with Gasteiger partial charge in [0.05, 0.1) is 17.7 Å². The van der Waals surface area contributed by atoms with Gasteiger partial charge in [-0.05, 0) is 50.2 Å². The molecule has 0 spiro atoms. The molecule has 6 heteroatoms. The fraction of sp³-hybridized carbons (Fsp3) is 0.400. The van der Waals surface area contributed by atoms with Crippen LogP contribution in [0.5, 0.6) is 0 Å². The number of nitrogens with zero attached hydrogens (tertiary/aromatic N) is 3. The van der Waals surface area contributed by atoms with Crippen molar-refractivity contribution in [3.8, 4) is 0 Å². The zero-order valence-electron chi connectivity index (χ0n) is 15.2. The predicted octanol–water partition coefficient (Wildman–Crippen LogP) is 2.24. The summed E-state index contributed by atoms with van der Waals surface area (Å²) < 4.78 is 13.0. The number of pyridine rings is 1. The Morgan fingerprint density at radius 2 is 2.04 bits per heavy atom. The third-order valence-electron chi connectivity index (χ3n) is 4.71. The van der Waals surface area contributed by atoms with Gasteiger partial charge in [-0.2, -0.15) is 0 Å². The summed E-state index contributed by atoms with van der Waals surface area (Å²) in [7, 11) is 1.91. The minimum atomic E-state index is -0.942. The van der Waals surface area contributed by atoms with E-state index in [1.807, 2.05) is 24.9 Å². The van der Waals surface area contributed by atoms with Gasteiger partial charge in [0.1, 0.15) is 5.82 Å². The Hall–Kier alpha value is -2.31. The monoisotopic (exact) mass is 357 g/mol. The number of amides is 1. The highest BCUT2D eigenvalue weighted by molar-refractivity contribution is 5.94. The standard InChI is InChI=1S/C20H24FN3O2/c1-15-3-6-17(11-22-15)19(25)24-10-9-20(26,14-24)13-23(2)12-16-4-7-18(21)8-5-16/h3-8,11,26H,9-10,12-14H2,1-2H3. The number of halogens is 1. The number of aromatic nitrogens is 1. The van der Waals surface area contributed by atoms with Crippen molar-refractivity contribution in [1.82, 2.24) is 14.8 Å². The summed E-state index contributed by atoms with van der Waals surface area (Å²) in [4.78, 5) is 20.4. The molecule has 0 bridgehead atoms. The van der Waals surface area contributed by atoms with Crippen LogP contribution in [-0.4, -0.2) is 58.1 Å². The molecule has 3 rings (SSSR count). The molecule has 2 aromatic rings. The molecule has 26 heavy (non-hydrogen) atoms. The number of benzene rings is 1. The number of likely N-dealkylation sites (N-methyl/N-ethyl adjacent to an activating group) is 1. The van der Waals surface area contributed by atoms with Crippen molar-refractivity contribution in [2.45, 2.75) is 25.5 Å². The molecule has 1 N–H and O–H groups in total. The van der Waals surface area contributed by atoms with Crippen molar-refractivity contribution >= 4 is 5.91 Å². The van der Waals surface area contributed by atoms with Gasteiger partial charge in [-0.1, -0.05) is 12.1 Å². The molecular weight excluding hydrogens is 333 g/mol. The molecule has 5 nitrogen and oxygen atoms in total. The van der Waals surface area contributed by atoms with Crippen molar-refractivity contribution < 1.29 is 14.3 Å². The van der Waals surface area contributed by atoms with E-state index in [4.69, 9.17) is 0 Å². The highest BCUT2D eigenvalue weighted by atomic mass is 19.1. The van der Waals surface area contributed by atoms with Crippen molar-refractivity contribution in [2.75, 3.05) is 26.7 Å². The smallest absolute Gasteiger partial charge is 0.255 e. The summed E-state index contributed by atoms with van der Waals surface area (Å²) in [5, 5.41) is 10.9. The van der Waals surface area contributed by atoms with Crippen LogP contribution in [0, 0.1) is 12.7 Å². The molecule has 2 heterocycles. The lowest BCUT2D eigenvalue weighted by Crippen LogP contribution is -2.44. The average molecular weight is 357 g/mol. The maximum Gasteiger partial charge on any atom is 0.255 e. The summed E-state index contributed by atoms with van der Waals surface area (Å²) >= 11 is 0. The van der Waals surface area contributed by atoms with Gasteiger partial charge < -0.3 is 10.0 Å². The van der Waals surface area contributed by atoms with Crippen LogP contribution in [0.4, 0.5) is 4.39 Å². The van der Waals surface area contributed by atoms with Gasteiger partial charge >= 0.3 is 0 Å². The molecule has 1 fully saturated rings. The van der Waals surface area contributed by atoms with Gasteiger partial charge in [0.2, 0.25) is 0 Å². The first kappa shape index (κ1) is 18.5. The Balaban J connectivity index is 1.58. The van der Waals surface area contributed by atoms with Gasteiger partial charge in [0, 0.05) is 31.5 Å². The molecular formula is C20H24FN3O2. The fourth-order valence-electron chi connectivity index (χ4n) is 3.40. The van der Waals surface area contributed by atoms with Crippen molar-refractivity contribution in [1.29, 1.82) is 0 Å². The maximum absolute atomic E-state index is 13.0. The van der Waals surface area contributed by atoms with Gasteiger partial charge in [-0.3, -0.25) is 14.7 Å². The minimum absolute atomic E-state index is 0.102. The fourth-order valence-corrected chi connectivity index (χ4v) is 3.40. The predicted molar refractivity (Wildman–Crippen MR) is 97.2 cm³/mol. The van der Waals surface area contributed by atoms with E-state index < -0.39 is 5.60 Å². The third-order valence-corrected chi connectivity index (χ3v) is 4.71. The molecule has 0 saturated carbocycles. The van der Waals surface area contributed by atoms with Crippen LogP contribution >= 0.6 is 0 Å². The number of likely N-dealkylation sites (tertiary alicyclic amines) is 1. The lowest BCUT2D eigenvalue weighted by molar-refractivity contribution is 0.0163. The molecule has 0 radical (unpaired) electrons. The summed E-state index contributed by atoms with van der Waals surface area (Å²) in [5.41, 5.74) is 1.44. The number of carbonyl (C=O) groups excluding carboxylic acids is 1. The molecule has 1 unspecified atom stereocenters. The summed E-state index contributed by atoms with van der Waals surface area (Å²) in [6.07, 6.45) is 2.11. The topological polar surface area (TPSA) is 56.7 Å². The number of carbonyl (C=O) groups is 1. The Morgan fingerprint density at radius 3 is 2.69 bits per heavy atom. The quantitative estimate of drug-likeness (QED) is 0.892. The number of rotatable bonds is 5. The largest absolute Gasteiger partial charge is 0.387 e.